The number of rotatable bonds is 1. The first-order chi connectivity index (χ1) is 6.75. The third-order valence-corrected chi connectivity index (χ3v) is 2.98. The lowest BCUT2D eigenvalue weighted by molar-refractivity contribution is 0.313. The van der Waals surface area contributed by atoms with Gasteiger partial charge < -0.3 is 9.80 Å². The summed E-state index contributed by atoms with van der Waals surface area (Å²) < 4.78 is 0. The molecule has 0 unspecified atom stereocenters. The molecular formula is C11H16N2S. The van der Waals surface area contributed by atoms with E-state index in [0.717, 1.165) is 31.1 Å². The van der Waals surface area contributed by atoms with Crippen molar-refractivity contribution < 1.29 is 0 Å². The van der Waals surface area contributed by atoms with E-state index in [-0.39, 0.29) is 0 Å². The fraction of sp³-hybridized carbons (Fsp3) is 0.455. The average Bonchev–Trinajstić information content (AvgIpc) is 2.19. The van der Waals surface area contributed by atoms with E-state index in [2.05, 4.69) is 47.7 Å². The lowest BCUT2D eigenvalue weighted by atomic mass is 10.2. The molecule has 0 amide bonds. The molecule has 0 radical (unpaired) electrons. The first-order valence-electron chi connectivity index (χ1n) is 4.98. The van der Waals surface area contributed by atoms with E-state index in [0.29, 0.717) is 0 Å². The largest absolute Gasteiger partial charge is 0.369 e. The second-order valence-corrected chi connectivity index (χ2v) is 4.33. The lowest BCUT2D eigenvalue weighted by Crippen LogP contribution is -2.44. The molecule has 0 N–H and O–H groups in total. The van der Waals surface area contributed by atoms with Gasteiger partial charge in [0.1, 0.15) is 0 Å². The Hall–Kier alpha value is -0.670. The molecule has 1 saturated heterocycles. The number of hydrogen-bond acceptors (Lipinski definition) is 3. The summed E-state index contributed by atoms with van der Waals surface area (Å²) in [5, 5.41) is 0. The Bertz CT molecular complexity index is 306. The Balaban J connectivity index is 2.08. The van der Waals surface area contributed by atoms with Crippen LogP contribution in [0.5, 0.6) is 0 Å². The lowest BCUT2D eigenvalue weighted by Gasteiger charge is -2.34. The van der Waals surface area contributed by atoms with Gasteiger partial charge in [-0.15, -0.1) is 12.6 Å². The van der Waals surface area contributed by atoms with Gasteiger partial charge in [0.15, 0.2) is 0 Å². The molecule has 0 aliphatic carbocycles. The maximum Gasteiger partial charge on any atom is 0.0378 e. The van der Waals surface area contributed by atoms with E-state index in [1.165, 1.54) is 5.69 Å². The molecular weight excluding hydrogens is 192 g/mol. The quantitative estimate of drug-likeness (QED) is 0.702. The molecule has 1 fully saturated rings. The van der Waals surface area contributed by atoms with Crippen LogP contribution in [0, 0.1) is 0 Å². The minimum Gasteiger partial charge on any atom is -0.369 e. The Labute approximate surface area is 90.9 Å². The maximum absolute atomic E-state index is 4.35. The molecule has 14 heavy (non-hydrogen) atoms. The SMILES string of the molecule is CN1CCN(c2cccc(S)c2)CC1. The fourth-order valence-corrected chi connectivity index (χ4v) is 1.97. The molecule has 0 spiro atoms. The summed E-state index contributed by atoms with van der Waals surface area (Å²) in [5.74, 6) is 0. The summed E-state index contributed by atoms with van der Waals surface area (Å²) in [5.41, 5.74) is 1.30. The van der Waals surface area contributed by atoms with Crippen molar-refractivity contribution in [3.05, 3.63) is 24.3 Å². The molecule has 3 heteroatoms. The molecule has 1 aromatic carbocycles. The topological polar surface area (TPSA) is 6.48 Å². The summed E-state index contributed by atoms with van der Waals surface area (Å²) in [6.45, 7) is 4.54. The second-order valence-electron chi connectivity index (χ2n) is 3.81. The monoisotopic (exact) mass is 208 g/mol. The third kappa shape index (κ3) is 2.22. The highest BCUT2D eigenvalue weighted by Gasteiger charge is 2.13. The third-order valence-electron chi connectivity index (χ3n) is 2.70. The summed E-state index contributed by atoms with van der Waals surface area (Å²) in [7, 11) is 2.17. The number of anilines is 1. The van der Waals surface area contributed by atoms with Gasteiger partial charge in [0.2, 0.25) is 0 Å². The highest BCUT2D eigenvalue weighted by Crippen LogP contribution is 2.19. The summed E-state index contributed by atoms with van der Waals surface area (Å²) in [6.07, 6.45) is 0. The predicted octanol–water partition coefficient (Wildman–Crippen LogP) is 1.73. The van der Waals surface area contributed by atoms with E-state index in [1.807, 2.05) is 6.07 Å². The van der Waals surface area contributed by atoms with Crippen molar-refractivity contribution in [3.63, 3.8) is 0 Å². The Morgan fingerprint density at radius 1 is 1.14 bits per heavy atom. The highest BCUT2D eigenvalue weighted by molar-refractivity contribution is 7.80. The molecule has 2 rings (SSSR count). The van der Waals surface area contributed by atoms with Crippen LogP contribution in [0.4, 0.5) is 5.69 Å². The van der Waals surface area contributed by atoms with Gasteiger partial charge in [-0.05, 0) is 25.2 Å². The molecule has 0 aromatic heterocycles. The van der Waals surface area contributed by atoms with Crippen LogP contribution < -0.4 is 4.90 Å². The zero-order valence-corrected chi connectivity index (χ0v) is 9.37. The van der Waals surface area contributed by atoms with Crippen LogP contribution in [0.3, 0.4) is 0 Å². The van der Waals surface area contributed by atoms with E-state index in [1.54, 1.807) is 0 Å². The smallest absolute Gasteiger partial charge is 0.0378 e. The summed E-state index contributed by atoms with van der Waals surface area (Å²) in [6, 6.07) is 8.37. The number of piperazine rings is 1. The minimum absolute atomic E-state index is 1.04. The van der Waals surface area contributed by atoms with Crippen molar-refractivity contribution in [1.29, 1.82) is 0 Å². The van der Waals surface area contributed by atoms with Gasteiger partial charge in [0, 0.05) is 36.8 Å². The van der Waals surface area contributed by atoms with E-state index >= 15 is 0 Å². The standard InChI is InChI=1S/C11H16N2S/c1-12-5-7-13(8-6-12)10-3-2-4-11(14)9-10/h2-4,9,14H,5-8H2,1H3. The zero-order valence-electron chi connectivity index (χ0n) is 8.48. The average molecular weight is 208 g/mol. The Morgan fingerprint density at radius 3 is 2.50 bits per heavy atom. The van der Waals surface area contributed by atoms with Crippen molar-refractivity contribution in [2.45, 2.75) is 4.90 Å². The van der Waals surface area contributed by atoms with Crippen LogP contribution in [0.2, 0.25) is 0 Å². The van der Waals surface area contributed by atoms with Gasteiger partial charge in [-0.25, -0.2) is 0 Å². The Morgan fingerprint density at radius 2 is 1.86 bits per heavy atom. The van der Waals surface area contributed by atoms with Gasteiger partial charge in [-0.2, -0.15) is 0 Å². The van der Waals surface area contributed by atoms with Crippen molar-refractivity contribution >= 4 is 18.3 Å². The molecule has 1 aliphatic heterocycles. The summed E-state index contributed by atoms with van der Waals surface area (Å²) in [4.78, 5) is 5.82. The number of nitrogens with zero attached hydrogens (tertiary/aromatic N) is 2. The number of hydrogen-bond donors (Lipinski definition) is 1. The number of benzene rings is 1. The fourth-order valence-electron chi connectivity index (χ4n) is 1.75. The van der Waals surface area contributed by atoms with Crippen LogP contribution in [0.1, 0.15) is 0 Å². The van der Waals surface area contributed by atoms with Crippen molar-refractivity contribution in [2.75, 3.05) is 38.1 Å². The van der Waals surface area contributed by atoms with Crippen molar-refractivity contribution in [3.8, 4) is 0 Å². The van der Waals surface area contributed by atoms with Gasteiger partial charge in [-0.1, -0.05) is 6.07 Å². The maximum atomic E-state index is 4.35. The van der Waals surface area contributed by atoms with Crippen molar-refractivity contribution in [2.24, 2.45) is 0 Å². The normalized spacial score (nSPS) is 18.6. The Kier molecular flexibility index (Phi) is 2.99. The first-order valence-corrected chi connectivity index (χ1v) is 5.43. The van der Waals surface area contributed by atoms with Gasteiger partial charge in [-0.3, -0.25) is 0 Å². The van der Waals surface area contributed by atoms with E-state index < -0.39 is 0 Å². The molecule has 0 bridgehead atoms. The zero-order chi connectivity index (χ0) is 9.97. The van der Waals surface area contributed by atoms with Crippen LogP contribution in [-0.4, -0.2) is 38.1 Å². The first kappa shape index (κ1) is 9.87. The molecule has 1 aliphatic rings. The highest BCUT2D eigenvalue weighted by atomic mass is 32.1. The van der Waals surface area contributed by atoms with Crippen LogP contribution in [-0.2, 0) is 0 Å². The molecule has 0 saturated carbocycles. The van der Waals surface area contributed by atoms with Crippen LogP contribution >= 0.6 is 12.6 Å². The van der Waals surface area contributed by atoms with Crippen molar-refractivity contribution in [1.82, 2.24) is 4.90 Å². The molecule has 1 aromatic rings. The number of thiol groups is 1. The van der Waals surface area contributed by atoms with E-state index in [9.17, 15) is 0 Å². The molecule has 2 nitrogen and oxygen atoms in total. The van der Waals surface area contributed by atoms with Gasteiger partial charge >= 0.3 is 0 Å². The molecule has 0 atom stereocenters. The van der Waals surface area contributed by atoms with Crippen LogP contribution in [0.15, 0.2) is 29.2 Å². The van der Waals surface area contributed by atoms with Crippen LogP contribution in [0.25, 0.3) is 0 Å². The van der Waals surface area contributed by atoms with Gasteiger partial charge in [0.05, 0.1) is 0 Å². The molecule has 1 heterocycles. The minimum atomic E-state index is 1.04. The van der Waals surface area contributed by atoms with E-state index in [4.69, 9.17) is 0 Å². The number of likely N-dealkylation sites (N-methyl/N-ethyl adjacent to an activating group) is 1. The summed E-state index contributed by atoms with van der Waals surface area (Å²) >= 11 is 4.35. The second kappa shape index (κ2) is 4.24. The molecule has 76 valence electrons. The van der Waals surface area contributed by atoms with Gasteiger partial charge in [0.25, 0.3) is 0 Å². The predicted molar refractivity (Wildman–Crippen MR) is 63.4 cm³/mol.